The molecule has 210 valence electrons. The second-order valence-corrected chi connectivity index (χ2v) is 10.4. The lowest BCUT2D eigenvalue weighted by Gasteiger charge is -2.32. The maximum absolute atomic E-state index is 14.8. The average Bonchev–Trinajstić information content (AvgIpc) is 3.12. The number of carbonyl (C=O) groups excluding carboxylic acids is 1. The third-order valence-electron chi connectivity index (χ3n) is 6.69. The predicted octanol–water partition coefficient (Wildman–Crippen LogP) is 4.87. The number of benzene rings is 1. The first-order valence-corrected chi connectivity index (χ1v) is 11.8. The summed E-state index contributed by atoms with van der Waals surface area (Å²) in [5, 5.41) is 15.9. The van der Waals surface area contributed by atoms with Crippen LogP contribution in [-0.4, -0.2) is 53.0 Å². The van der Waals surface area contributed by atoms with Crippen LogP contribution in [0.4, 0.5) is 27.6 Å². The van der Waals surface area contributed by atoms with Crippen molar-refractivity contribution in [3.05, 3.63) is 53.4 Å². The molecule has 1 aromatic heterocycles. The number of aromatic nitrogens is 1. The van der Waals surface area contributed by atoms with E-state index in [2.05, 4.69) is 20.4 Å². The summed E-state index contributed by atoms with van der Waals surface area (Å²) in [5.74, 6) is -8.63. The van der Waals surface area contributed by atoms with Gasteiger partial charge in [-0.3, -0.25) is 9.78 Å². The fourth-order valence-corrected chi connectivity index (χ4v) is 4.33. The maximum atomic E-state index is 14.8. The Morgan fingerprint density at radius 1 is 1.26 bits per heavy atom. The zero-order valence-electron chi connectivity index (χ0n) is 24.4. The van der Waals surface area contributed by atoms with Crippen molar-refractivity contribution >= 4 is 11.6 Å². The second kappa shape index (κ2) is 10.7. The van der Waals surface area contributed by atoms with Crippen LogP contribution in [0.15, 0.2) is 30.5 Å². The van der Waals surface area contributed by atoms with Crippen LogP contribution in [-0.2, 0) is 9.53 Å². The quantitative estimate of drug-likeness (QED) is 0.428. The molecule has 3 rings (SSSR count). The SMILES string of the molecule is [2H]C([2H])([2H])Oc1c([C@H]2[C@H](C(=O)Nc3ccc([C@@H](O)CNC(C)(C)C)nc3)O[C@@](C)(C(F)(F)F)[C@H]2C)ccc(F)c1F. The highest BCUT2D eigenvalue weighted by Gasteiger charge is 2.65. The van der Waals surface area contributed by atoms with E-state index in [1.54, 1.807) is 0 Å². The van der Waals surface area contributed by atoms with E-state index < -0.39 is 71.7 Å². The van der Waals surface area contributed by atoms with Gasteiger partial charge >= 0.3 is 6.18 Å². The lowest BCUT2D eigenvalue weighted by Crippen LogP contribution is -2.47. The molecule has 1 aliphatic heterocycles. The number of rotatable bonds is 7. The number of hydrogen-bond donors (Lipinski definition) is 3. The Kier molecular flexibility index (Phi) is 7.19. The van der Waals surface area contributed by atoms with Gasteiger partial charge in [0.1, 0.15) is 12.2 Å². The van der Waals surface area contributed by atoms with Crippen LogP contribution in [0.5, 0.6) is 5.75 Å². The maximum Gasteiger partial charge on any atom is 0.417 e. The summed E-state index contributed by atoms with van der Waals surface area (Å²) >= 11 is 0. The van der Waals surface area contributed by atoms with Crippen LogP contribution in [0.1, 0.15) is 62.0 Å². The number of halogens is 5. The van der Waals surface area contributed by atoms with E-state index in [-0.39, 0.29) is 23.5 Å². The van der Waals surface area contributed by atoms with Gasteiger partial charge in [0.05, 0.1) is 28.7 Å². The topological polar surface area (TPSA) is 92.7 Å². The Morgan fingerprint density at radius 2 is 1.95 bits per heavy atom. The number of aliphatic hydroxyl groups is 1. The minimum atomic E-state index is -5.00. The van der Waals surface area contributed by atoms with Crippen molar-refractivity contribution in [2.45, 2.75) is 70.1 Å². The molecule has 1 aliphatic rings. The zero-order valence-corrected chi connectivity index (χ0v) is 21.4. The molecule has 38 heavy (non-hydrogen) atoms. The van der Waals surface area contributed by atoms with Crippen LogP contribution in [0.2, 0.25) is 0 Å². The predicted molar refractivity (Wildman–Crippen MR) is 130 cm³/mol. The molecule has 0 spiro atoms. The van der Waals surface area contributed by atoms with Gasteiger partial charge in [-0.05, 0) is 45.9 Å². The summed E-state index contributed by atoms with van der Waals surface area (Å²) in [6.07, 6.45) is -6.73. The van der Waals surface area contributed by atoms with Crippen LogP contribution in [0, 0.1) is 17.6 Å². The van der Waals surface area contributed by atoms with Gasteiger partial charge in [0.2, 0.25) is 5.82 Å². The van der Waals surface area contributed by atoms with Gasteiger partial charge in [-0.1, -0.05) is 13.0 Å². The summed E-state index contributed by atoms with van der Waals surface area (Å²) in [5.41, 5.74) is -3.36. The monoisotopic (exact) mass is 548 g/mol. The van der Waals surface area contributed by atoms with Gasteiger partial charge < -0.3 is 25.2 Å². The van der Waals surface area contributed by atoms with Crippen molar-refractivity contribution in [1.82, 2.24) is 10.3 Å². The second-order valence-electron chi connectivity index (χ2n) is 10.4. The highest BCUT2D eigenvalue weighted by atomic mass is 19.4. The molecule has 1 fully saturated rings. The van der Waals surface area contributed by atoms with Crippen LogP contribution >= 0.6 is 0 Å². The molecular formula is C26H32F5N3O4. The molecule has 2 aromatic rings. The van der Waals surface area contributed by atoms with Gasteiger partial charge in [-0.25, -0.2) is 4.39 Å². The number of methoxy groups -OCH3 is 1. The number of amides is 1. The summed E-state index contributed by atoms with van der Waals surface area (Å²) in [4.78, 5) is 17.4. The smallest absolute Gasteiger partial charge is 0.417 e. The first-order valence-electron chi connectivity index (χ1n) is 13.3. The van der Waals surface area contributed by atoms with Gasteiger partial charge in [0.15, 0.2) is 17.2 Å². The Bertz CT molecular complexity index is 1260. The largest absolute Gasteiger partial charge is 0.493 e. The number of hydrogen-bond acceptors (Lipinski definition) is 6. The van der Waals surface area contributed by atoms with E-state index in [0.717, 1.165) is 13.0 Å². The number of pyridine rings is 1. The third-order valence-corrected chi connectivity index (χ3v) is 6.69. The van der Waals surface area contributed by atoms with Gasteiger partial charge in [-0.2, -0.15) is 17.6 Å². The molecule has 7 nitrogen and oxygen atoms in total. The van der Waals surface area contributed by atoms with Crippen LogP contribution in [0.3, 0.4) is 0 Å². The highest BCUT2D eigenvalue weighted by Crippen LogP contribution is 2.55. The number of ether oxygens (including phenoxy) is 2. The molecule has 1 saturated heterocycles. The molecule has 2 heterocycles. The van der Waals surface area contributed by atoms with E-state index in [1.807, 2.05) is 20.8 Å². The third kappa shape index (κ3) is 5.92. The first-order chi connectivity index (χ1) is 18.6. The number of β-amino-alcohol motifs (C(OH)–C–C–N with tert-alkyl or cyclic N) is 1. The molecular weight excluding hydrogens is 513 g/mol. The molecule has 0 saturated carbocycles. The molecule has 3 N–H and O–H groups in total. The molecule has 1 amide bonds. The van der Waals surface area contributed by atoms with Crippen molar-refractivity contribution in [3.63, 3.8) is 0 Å². The number of aliphatic hydroxyl groups excluding tert-OH is 1. The Balaban J connectivity index is 1.96. The molecule has 1 aromatic carbocycles. The van der Waals surface area contributed by atoms with Gasteiger partial charge in [0, 0.05) is 29.5 Å². The number of alkyl halides is 3. The van der Waals surface area contributed by atoms with E-state index >= 15 is 0 Å². The van der Waals surface area contributed by atoms with E-state index in [1.165, 1.54) is 18.3 Å². The highest BCUT2D eigenvalue weighted by molar-refractivity contribution is 5.95. The summed E-state index contributed by atoms with van der Waals surface area (Å²) in [6.45, 7) is 7.73. The Labute approximate surface area is 222 Å². The normalized spacial score (nSPS) is 26.3. The van der Waals surface area contributed by atoms with Crippen molar-refractivity contribution in [1.29, 1.82) is 0 Å². The Morgan fingerprint density at radius 3 is 2.50 bits per heavy atom. The van der Waals surface area contributed by atoms with E-state index in [9.17, 15) is 31.9 Å². The van der Waals surface area contributed by atoms with Crippen LogP contribution < -0.4 is 15.4 Å². The first kappa shape index (κ1) is 25.4. The van der Waals surface area contributed by atoms with Crippen molar-refractivity contribution < 1.29 is 45.4 Å². The molecule has 0 unspecified atom stereocenters. The van der Waals surface area contributed by atoms with Crippen molar-refractivity contribution in [2.75, 3.05) is 18.9 Å². The number of nitrogens with one attached hydrogen (secondary N) is 2. The molecule has 0 aliphatic carbocycles. The fourth-order valence-electron chi connectivity index (χ4n) is 4.33. The number of carbonyl (C=O) groups is 1. The molecule has 0 bridgehead atoms. The molecule has 12 heteroatoms. The fraction of sp³-hybridized carbons (Fsp3) is 0.538. The zero-order chi connectivity index (χ0) is 31.1. The number of nitrogens with zero attached hydrogens (tertiary/aromatic N) is 1. The van der Waals surface area contributed by atoms with Crippen molar-refractivity contribution in [2.24, 2.45) is 5.92 Å². The summed E-state index contributed by atoms with van der Waals surface area (Å²) < 4.78 is 103. The van der Waals surface area contributed by atoms with Crippen LogP contribution in [0.25, 0.3) is 0 Å². The number of anilines is 1. The molecule has 0 radical (unpaired) electrons. The average molecular weight is 549 g/mol. The van der Waals surface area contributed by atoms with E-state index in [4.69, 9.17) is 8.85 Å². The van der Waals surface area contributed by atoms with E-state index in [0.29, 0.717) is 13.0 Å². The summed E-state index contributed by atoms with van der Waals surface area (Å²) in [7, 11) is -3.28. The lowest BCUT2D eigenvalue weighted by molar-refractivity contribution is -0.272. The summed E-state index contributed by atoms with van der Waals surface area (Å²) in [6, 6.07) is 4.26. The van der Waals surface area contributed by atoms with Crippen molar-refractivity contribution in [3.8, 4) is 5.75 Å². The Hall–Kier alpha value is -2.83. The minimum absolute atomic E-state index is 0.0506. The molecule has 5 atom stereocenters. The lowest BCUT2D eigenvalue weighted by atomic mass is 9.77. The van der Waals surface area contributed by atoms with Gasteiger partial charge in [0.25, 0.3) is 5.91 Å². The minimum Gasteiger partial charge on any atom is -0.493 e. The standard InChI is InChI=1S/C26H32F5N3O4/c1-13-19(15-8-9-16(27)20(28)21(15)37-6)22(38-25(13,5)26(29,30)31)23(36)34-14-7-10-17(32-11-14)18(35)12-33-24(2,3)4/h7-11,13,18-19,22,33,35H,12H2,1-6H3,(H,34,36)/t13-,18-,19-,22+,25+/m0/s1/i6D3. The van der Waals surface area contributed by atoms with Gasteiger partial charge in [-0.15, -0.1) is 0 Å².